The molecule has 0 spiro atoms. The van der Waals surface area contributed by atoms with Crippen molar-refractivity contribution in [2.45, 2.75) is 17.9 Å². The van der Waals surface area contributed by atoms with Crippen LogP contribution in [-0.2, 0) is 15.5 Å². The normalized spacial score (nSPS) is 13.2. The third-order valence-corrected chi connectivity index (χ3v) is 4.35. The maximum Gasteiger partial charge on any atom is 0.338 e. The van der Waals surface area contributed by atoms with E-state index in [9.17, 15) is 9.00 Å². The topological polar surface area (TPSA) is 95.2 Å². The summed E-state index contributed by atoms with van der Waals surface area (Å²) in [6.07, 6.45) is 4.13. The van der Waals surface area contributed by atoms with Gasteiger partial charge in [-0.1, -0.05) is 5.16 Å². The van der Waals surface area contributed by atoms with Gasteiger partial charge in [0, 0.05) is 39.9 Å². The van der Waals surface area contributed by atoms with E-state index < -0.39 is 22.9 Å². The molecule has 3 rings (SSSR count). The second-order valence-corrected chi connectivity index (χ2v) is 6.60. The Hall–Kier alpha value is -2.87. The van der Waals surface area contributed by atoms with Crippen molar-refractivity contribution in [2.24, 2.45) is 0 Å². The largest absolute Gasteiger partial charge is 0.449 e. The number of hydrogen-bond donors (Lipinski definition) is 0. The molecule has 25 heavy (non-hydrogen) atoms. The highest BCUT2D eigenvalue weighted by molar-refractivity contribution is 7.84. The lowest BCUT2D eigenvalue weighted by atomic mass is 10.2. The van der Waals surface area contributed by atoms with Crippen LogP contribution in [0.3, 0.4) is 0 Å². The molecular formula is C17H15N3O4S. The third-order valence-electron chi connectivity index (χ3n) is 3.42. The van der Waals surface area contributed by atoms with Crippen LogP contribution in [0.4, 0.5) is 0 Å². The minimum Gasteiger partial charge on any atom is -0.449 e. The molecule has 0 aliphatic rings. The molecule has 128 valence electrons. The van der Waals surface area contributed by atoms with E-state index in [-0.39, 0.29) is 5.89 Å². The lowest BCUT2D eigenvalue weighted by molar-refractivity contribution is 0.0265. The minimum atomic E-state index is -1.10. The van der Waals surface area contributed by atoms with Gasteiger partial charge >= 0.3 is 5.97 Å². The molecule has 1 aromatic carbocycles. The Morgan fingerprint density at radius 1 is 1.24 bits per heavy atom. The molecule has 0 fully saturated rings. The van der Waals surface area contributed by atoms with E-state index >= 15 is 0 Å². The first kappa shape index (κ1) is 17.0. The SMILES string of the molecule is CC(OC(=O)c1ccc(S(C)=O)cc1)c1nc(-c2cccnc2)no1. The molecule has 2 heterocycles. The van der Waals surface area contributed by atoms with Gasteiger partial charge in [0.25, 0.3) is 5.89 Å². The number of ether oxygens (including phenoxy) is 1. The van der Waals surface area contributed by atoms with Crippen molar-refractivity contribution in [1.82, 2.24) is 15.1 Å². The number of carbonyl (C=O) groups is 1. The number of esters is 1. The number of aromatic nitrogens is 3. The summed E-state index contributed by atoms with van der Waals surface area (Å²) in [5.74, 6) is 0.0429. The van der Waals surface area contributed by atoms with Crippen molar-refractivity contribution in [1.29, 1.82) is 0 Å². The fourth-order valence-corrected chi connectivity index (χ4v) is 2.59. The molecule has 0 saturated carbocycles. The summed E-state index contributed by atoms with van der Waals surface area (Å²) in [7, 11) is -1.10. The van der Waals surface area contributed by atoms with Crippen LogP contribution < -0.4 is 0 Å². The van der Waals surface area contributed by atoms with Gasteiger partial charge in [0.15, 0.2) is 6.10 Å². The van der Waals surface area contributed by atoms with Crippen molar-refractivity contribution < 1.29 is 18.3 Å². The van der Waals surface area contributed by atoms with Gasteiger partial charge in [0.1, 0.15) is 0 Å². The van der Waals surface area contributed by atoms with Crippen LogP contribution in [0.5, 0.6) is 0 Å². The Bertz CT molecular complexity index is 894. The van der Waals surface area contributed by atoms with Gasteiger partial charge in [-0.25, -0.2) is 4.79 Å². The Morgan fingerprint density at radius 2 is 2.00 bits per heavy atom. The van der Waals surface area contributed by atoms with Crippen LogP contribution in [0, 0.1) is 0 Å². The fourth-order valence-electron chi connectivity index (χ4n) is 2.07. The van der Waals surface area contributed by atoms with Gasteiger partial charge < -0.3 is 9.26 Å². The molecule has 0 radical (unpaired) electrons. The van der Waals surface area contributed by atoms with E-state index in [0.717, 1.165) is 0 Å². The van der Waals surface area contributed by atoms with Gasteiger partial charge in [-0.3, -0.25) is 9.19 Å². The van der Waals surface area contributed by atoms with E-state index in [1.165, 1.54) is 0 Å². The molecular weight excluding hydrogens is 342 g/mol. The van der Waals surface area contributed by atoms with Gasteiger partial charge in [-0.15, -0.1) is 0 Å². The monoisotopic (exact) mass is 357 g/mol. The lowest BCUT2D eigenvalue weighted by Gasteiger charge is -2.09. The quantitative estimate of drug-likeness (QED) is 0.648. The highest BCUT2D eigenvalue weighted by Crippen LogP contribution is 2.21. The number of carbonyl (C=O) groups excluding carboxylic acids is 1. The van der Waals surface area contributed by atoms with E-state index in [4.69, 9.17) is 9.26 Å². The van der Waals surface area contributed by atoms with Crippen LogP contribution in [-0.4, -0.2) is 31.6 Å². The van der Waals surface area contributed by atoms with Crippen LogP contribution in [0.1, 0.15) is 29.3 Å². The first-order chi connectivity index (χ1) is 12.0. The maximum atomic E-state index is 12.2. The summed E-state index contributed by atoms with van der Waals surface area (Å²) in [5.41, 5.74) is 1.06. The van der Waals surface area contributed by atoms with E-state index in [2.05, 4.69) is 15.1 Å². The van der Waals surface area contributed by atoms with Crippen LogP contribution >= 0.6 is 0 Å². The zero-order chi connectivity index (χ0) is 17.8. The van der Waals surface area contributed by atoms with Crippen LogP contribution in [0.15, 0.2) is 58.2 Å². The molecule has 0 bridgehead atoms. The second kappa shape index (κ2) is 7.35. The summed E-state index contributed by atoms with van der Waals surface area (Å²) in [5, 5.41) is 3.87. The summed E-state index contributed by atoms with van der Waals surface area (Å²) >= 11 is 0. The van der Waals surface area contributed by atoms with E-state index in [0.29, 0.717) is 21.8 Å². The third kappa shape index (κ3) is 3.97. The van der Waals surface area contributed by atoms with Crippen molar-refractivity contribution in [3.8, 4) is 11.4 Å². The number of nitrogens with zero attached hydrogens (tertiary/aromatic N) is 3. The van der Waals surface area contributed by atoms with E-state index in [1.54, 1.807) is 62.0 Å². The smallest absolute Gasteiger partial charge is 0.338 e. The fraction of sp³-hybridized carbons (Fsp3) is 0.176. The molecule has 0 amide bonds. The summed E-state index contributed by atoms with van der Waals surface area (Å²) in [6, 6.07) is 9.97. The van der Waals surface area contributed by atoms with Gasteiger partial charge in [0.05, 0.1) is 5.56 Å². The molecule has 0 N–H and O–H groups in total. The molecule has 2 atom stereocenters. The highest BCUT2D eigenvalue weighted by Gasteiger charge is 2.20. The zero-order valence-corrected chi connectivity index (χ0v) is 14.4. The number of rotatable bonds is 5. The van der Waals surface area contributed by atoms with Gasteiger partial charge in [-0.2, -0.15) is 4.98 Å². The van der Waals surface area contributed by atoms with Crippen LogP contribution in [0.25, 0.3) is 11.4 Å². The summed E-state index contributed by atoms with van der Waals surface area (Å²) < 4.78 is 21.9. The molecule has 0 aliphatic heterocycles. The molecule has 7 nitrogen and oxygen atoms in total. The Kier molecular flexibility index (Phi) is 4.99. The first-order valence-electron chi connectivity index (χ1n) is 7.43. The molecule has 0 aliphatic carbocycles. The van der Waals surface area contributed by atoms with Crippen molar-refractivity contribution in [3.63, 3.8) is 0 Å². The highest BCUT2D eigenvalue weighted by atomic mass is 32.2. The predicted molar refractivity (Wildman–Crippen MR) is 90.1 cm³/mol. The lowest BCUT2D eigenvalue weighted by Crippen LogP contribution is -2.09. The zero-order valence-electron chi connectivity index (χ0n) is 13.6. The van der Waals surface area contributed by atoms with Crippen molar-refractivity contribution in [2.75, 3.05) is 6.26 Å². The summed E-state index contributed by atoms with van der Waals surface area (Å²) in [6.45, 7) is 1.65. The molecule has 2 unspecified atom stereocenters. The maximum absolute atomic E-state index is 12.2. The Morgan fingerprint density at radius 3 is 2.64 bits per heavy atom. The summed E-state index contributed by atoms with van der Waals surface area (Å²) in [4.78, 5) is 21.1. The number of benzene rings is 1. The molecule has 0 saturated heterocycles. The molecule has 8 heteroatoms. The molecule has 3 aromatic rings. The molecule has 2 aromatic heterocycles. The number of hydrogen-bond acceptors (Lipinski definition) is 7. The van der Waals surface area contributed by atoms with Crippen molar-refractivity contribution >= 4 is 16.8 Å². The average Bonchev–Trinajstić information content (AvgIpc) is 3.13. The standard InChI is InChI=1S/C17H15N3O4S/c1-11(16-19-15(20-24-16)13-4-3-9-18-10-13)23-17(21)12-5-7-14(8-6-12)25(2)22/h3-11H,1-2H3. The van der Waals surface area contributed by atoms with Gasteiger partial charge in [0.2, 0.25) is 5.82 Å². The number of pyridine rings is 1. The second-order valence-electron chi connectivity index (χ2n) is 5.22. The Balaban J connectivity index is 1.69. The van der Waals surface area contributed by atoms with Gasteiger partial charge in [-0.05, 0) is 43.3 Å². The first-order valence-corrected chi connectivity index (χ1v) is 8.99. The minimum absolute atomic E-state index is 0.193. The van der Waals surface area contributed by atoms with Crippen LogP contribution in [0.2, 0.25) is 0 Å². The predicted octanol–water partition coefficient (Wildman–Crippen LogP) is 2.79. The van der Waals surface area contributed by atoms with Crippen molar-refractivity contribution in [3.05, 3.63) is 60.2 Å². The Labute approximate surface area is 146 Å². The van der Waals surface area contributed by atoms with E-state index in [1.807, 2.05) is 0 Å². The average molecular weight is 357 g/mol.